The van der Waals surface area contributed by atoms with Crippen LogP contribution in [0.4, 0.5) is 0 Å². The van der Waals surface area contributed by atoms with Gasteiger partial charge in [-0.25, -0.2) is 4.79 Å². The standard InChI is InChI=1S/C19H26N2O4/c1-6-11-20-17(22)14(5)25-19(24)16(12(2)3)21-18(23)15-10-8-7-9-13(15)4/h6-10,12,14,16H,1,11H2,2-5H3,(H,20,22)(H,21,23)/t14-,16-/m0/s1. The van der Waals surface area contributed by atoms with Gasteiger partial charge in [-0.1, -0.05) is 38.1 Å². The van der Waals surface area contributed by atoms with E-state index < -0.39 is 24.0 Å². The van der Waals surface area contributed by atoms with Gasteiger partial charge in [-0.2, -0.15) is 0 Å². The number of amides is 2. The fourth-order valence-electron chi connectivity index (χ4n) is 2.16. The molecule has 0 unspecified atom stereocenters. The number of esters is 1. The van der Waals surface area contributed by atoms with Crippen LogP contribution in [0.3, 0.4) is 0 Å². The van der Waals surface area contributed by atoms with E-state index in [2.05, 4.69) is 17.2 Å². The molecule has 0 aliphatic heterocycles. The number of carbonyl (C=O) groups excluding carboxylic acids is 3. The zero-order valence-electron chi connectivity index (χ0n) is 15.2. The number of hydrogen-bond donors (Lipinski definition) is 2. The van der Waals surface area contributed by atoms with Crippen molar-refractivity contribution in [1.29, 1.82) is 0 Å². The normalized spacial score (nSPS) is 12.8. The zero-order chi connectivity index (χ0) is 19.0. The first-order valence-corrected chi connectivity index (χ1v) is 8.23. The molecule has 0 bridgehead atoms. The first-order valence-electron chi connectivity index (χ1n) is 8.23. The van der Waals surface area contributed by atoms with Crippen molar-refractivity contribution in [2.24, 2.45) is 5.92 Å². The van der Waals surface area contributed by atoms with Crippen molar-refractivity contribution in [3.05, 3.63) is 48.0 Å². The monoisotopic (exact) mass is 346 g/mol. The lowest BCUT2D eigenvalue weighted by Gasteiger charge is -2.23. The molecule has 0 heterocycles. The van der Waals surface area contributed by atoms with Crippen LogP contribution in [0.2, 0.25) is 0 Å². The number of benzene rings is 1. The Kier molecular flexibility index (Phi) is 7.85. The van der Waals surface area contributed by atoms with Gasteiger partial charge in [-0.15, -0.1) is 6.58 Å². The molecule has 0 spiro atoms. The average molecular weight is 346 g/mol. The number of carbonyl (C=O) groups is 3. The highest BCUT2D eigenvalue weighted by molar-refractivity contribution is 5.98. The van der Waals surface area contributed by atoms with Crippen LogP contribution in [0.1, 0.15) is 36.7 Å². The number of ether oxygens (including phenoxy) is 1. The van der Waals surface area contributed by atoms with Gasteiger partial charge < -0.3 is 15.4 Å². The summed E-state index contributed by atoms with van der Waals surface area (Å²) < 4.78 is 5.20. The maximum absolute atomic E-state index is 12.4. The topological polar surface area (TPSA) is 84.5 Å². The van der Waals surface area contributed by atoms with Gasteiger partial charge in [0.05, 0.1) is 0 Å². The van der Waals surface area contributed by atoms with Gasteiger partial charge in [0, 0.05) is 12.1 Å². The molecule has 0 saturated heterocycles. The summed E-state index contributed by atoms with van der Waals surface area (Å²) in [4.78, 5) is 36.6. The Hall–Kier alpha value is -2.63. The third-order valence-corrected chi connectivity index (χ3v) is 3.68. The third kappa shape index (κ3) is 6.06. The summed E-state index contributed by atoms with van der Waals surface area (Å²) in [7, 11) is 0. The van der Waals surface area contributed by atoms with Crippen LogP contribution in [-0.4, -0.2) is 36.5 Å². The molecule has 2 amide bonds. The number of nitrogens with one attached hydrogen (secondary N) is 2. The van der Waals surface area contributed by atoms with Gasteiger partial charge in [-0.3, -0.25) is 9.59 Å². The minimum Gasteiger partial charge on any atom is -0.451 e. The van der Waals surface area contributed by atoms with Gasteiger partial charge >= 0.3 is 5.97 Å². The predicted molar refractivity (Wildman–Crippen MR) is 96.0 cm³/mol. The van der Waals surface area contributed by atoms with Crippen molar-refractivity contribution < 1.29 is 19.1 Å². The van der Waals surface area contributed by atoms with Gasteiger partial charge in [0.1, 0.15) is 6.04 Å². The van der Waals surface area contributed by atoms with Crippen molar-refractivity contribution in [3.8, 4) is 0 Å². The lowest BCUT2D eigenvalue weighted by molar-refractivity contribution is -0.157. The minimum atomic E-state index is -0.955. The molecule has 25 heavy (non-hydrogen) atoms. The Bertz CT molecular complexity index is 640. The van der Waals surface area contributed by atoms with Crippen molar-refractivity contribution in [2.45, 2.75) is 39.8 Å². The maximum Gasteiger partial charge on any atom is 0.329 e. The molecule has 2 N–H and O–H groups in total. The summed E-state index contributed by atoms with van der Waals surface area (Å²) in [6.07, 6.45) is 0.579. The van der Waals surface area contributed by atoms with Crippen LogP contribution in [0.25, 0.3) is 0 Å². The highest BCUT2D eigenvalue weighted by Crippen LogP contribution is 2.11. The zero-order valence-corrected chi connectivity index (χ0v) is 15.2. The second-order valence-electron chi connectivity index (χ2n) is 6.12. The maximum atomic E-state index is 12.4. The Morgan fingerprint density at radius 2 is 1.84 bits per heavy atom. The molecule has 0 aromatic heterocycles. The summed E-state index contributed by atoms with van der Waals surface area (Å²) in [6.45, 7) is 10.7. The fourth-order valence-corrected chi connectivity index (χ4v) is 2.16. The second-order valence-corrected chi connectivity index (χ2v) is 6.12. The summed E-state index contributed by atoms with van der Waals surface area (Å²) in [6, 6.07) is 6.27. The lowest BCUT2D eigenvalue weighted by Crippen LogP contribution is -2.47. The molecule has 2 atom stereocenters. The molecule has 136 valence electrons. The highest BCUT2D eigenvalue weighted by atomic mass is 16.5. The summed E-state index contributed by atoms with van der Waals surface area (Å²) in [5, 5.41) is 5.26. The van der Waals surface area contributed by atoms with Crippen LogP contribution >= 0.6 is 0 Å². The van der Waals surface area contributed by atoms with Crippen LogP contribution in [-0.2, 0) is 14.3 Å². The Labute approximate surface area is 148 Å². The summed E-state index contributed by atoms with van der Waals surface area (Å²) in [5.41, 5.74) is 1.31. The molecule has 0 fully saturated rings. The molecule has 0 saturated carbocycles. The quantitative estimate of drug-likeness (QED) is 0.557. The van der Waals surface area contributed by atoms with Crippen molar-refractivity contribution in [2.75, 3.05) is 6.54 Å². The summed E-state index contributed by atoms with van der Waals surface area (Å²) >= 11 is 0. The molecule has 1 aromatic carbocycles. The van der Waals surface area contributed by atoms with E-state index in [0.717, 1.165) is 5.56 Å². The molecule has 6 heteroatoms. The van der Waals surface area contributed by atoms with Crippen molar-refractivity contribution >= 4 is 17.8 Å². The van der Waals surface area contributed by atoms with E-state index in [-0.39, 0.29) is 11.8 Å². The minimum absolute atomic E-state index is 0.191. The van der Waals surface area contributed by atoms with Crippen LogP contribution < -0.4 is 10.6 Å². The van der Waals surface area contributed by atoms with E-state index in [1.807, 2.05) is 19.1 Å². The Balaban J connectivity index is 2.77. The highest BCUT2D eigenvalue weighted by Gasteiger charge is 2.29. The van der Waals surface area contributed by atoms with Crippen LogP contribution in [0, 0.1) is 12.8 Å². The van der Waals surface area contributed by atoms with E-state index in [4.69, 9.17) is 4.74 Å². The number of rotatable bonds is 8. The third-order valence-electron chi connectivity index (χ3n) is 3.68. The van der Waals surface area contributed by atoms with E-state index >= 15 is 0 Å². The molecular weight excluding hydrogens is 320 g/mol. The van der Waals surface area contributed by atoms with E-state index in [0.29, 0.717) is 12.1 Å². The van der Waals surface area contributed by atoms with Gasteiger partial charge in [0.15, 0.2) is 6.10 Å². The van der Waals surface area contributed by atoms with Crippen molar-refractivity contribution in [1.82, 2.24) is 10.6 Å². The number of aryl methyl sites for hydroxylation is 1. The lowest BCUT2D eigenvalue weighted by atomic mass is 10.0. The first kappa shape index (κ1) is 20.4. The largest absolute Gasteiger partial charge is 0.451 e. The average Bonchev–Trinajstić information content (AvgIpc) is 2.57. The van der Waals surface area contributed by atoms with E-state index in [9.17, 15) is 14.4 Å². The molecular formula is C19H26N2O4. The Morgan fingerprint density at radius 3 is 2.40 bits per heavy atom. The molecule has 0 radical (unpaired) electrons. The van der Waals surface area contributed by atoms with Gasteiger partial charge in [0.25, 0.3) is 11.8 Å². The number of hydrogen-bond acceptors (Lipinski definition) is 4. The van der Waals surface area contributed by atoms with E-state index in [1.165, 1.54) is 13.0 Å². The molecule has 0 aliphatic rings. The smallest absolute Gasteiger partial charge is 0.329 e. The fraction of sp³-hybridized carbons (Fsp3) is 0.421. The summed E-state index contributed by atoms with van der Waals surface area (Å²) in [5.74, 6) is -1.60. The molecule has 0 aliphatic carbocycles. The molecule has 1 aromatic rings. The van der Waals surface area contributed by atoms with Gasteiger partial charge in [0.2, 0.25) is 0 Å². The Morgan fingerprint density at radius 1 is 1.20 bits per heavy atom. The predicted octanol–water partition coefficient (Wildman–Crippen LogP) is 1.98. The van der Waals surface area contributed by atoms with Crippen molar-refractivity contribution in [3.63, 3.8) is 0 Å². The van der Waals surface area contributed by atoms with Crippen LogP contribution in [0.15, 0.2) is 36.9 Å². The van der Waals surface area contributed by atoms with Crippen LogP contribution in [0.5, 0.6) is 0 Å². The van der Waals surface area contributed by atoms with E-state index in [1.54, 1.807) is 26.0 Å². The molecule has 6 nitrogen and oxygen atoms in total. The van der Waals surface area contributed by atoms with Gasteiger partial charge in [-0.05, 0) is 31.4 Å². The second kappa shape index (κ2) is 9.61. The first-order chi connectivity index (χ1) is 11.8. The molecule has 1 rings (SSSR count). The SMILES string of the molecule is C=CCNC(=O)[C@H](C)OC(=O)[C@@H](NC(=O)c1ccccc1C)C(C)C.